The van der Waals surface area contributed by atoms with E-state index in [2.05, 4.69) is 39.4 Å². The zero-order valence-corrected chi connectivity index (χ0v) is 19.3. The summed E-state index contributed by atoms with van der Waals surface area (Å²) < 4.78 is 23.5. The Morgan fingerprint density at radius 1 is 1.16 bits per heavy atom. The summed E-state index contributed by atoms with van der Waals surface area (Å²) in [4.78, 5) is 29.7. The van der Waals surface area contributed by atoms with E-state index in [1.54, 1.807) is 0 Å². The Bertz CT molecular complexity index is 1000. The summed E-state index contributed by atoms with van der Waals surface area (Å²) >= 11 is 0. The van der Waals surface area contributed by atoms with Crippen molar-refractivity contribution in [3.63, 3.8) is 0 Å². The first-order valence-electron chi connectivity index (χ1n) is 11.2. The number of benzene rings is 1. The second-order valence-electron chi connectivity index (χ2n) is 8.92. The van der Waals surface area contributed by atoms with Crippen LogP contribution in [-0.2, 0) is 32.5 Å². The van der Waals surface area contributed by atoms with Gasteiger partial charge in [-0.15, -0.1) is 0 Å². The summed E-state index contributed by atoms with van der Waals surface area (Å²) in [5.74, 6) is -0.562. The van der Waals surface area contributed by atoms with Crippen molar-refractivity contribution in [3.05, 3.63) is 35.4 Å². The van der Waals surface area contributed by atoms with E-state index in [-0.39, 0.29) is 41.9 Å². The Labute approximate surface area is 189 Å². The Kier molecular flexibility index (Phi) is 6.92. The number of likely N-dealkylation sites (N-methyl/N-ethyl adjacent to an activating group) is 1. The number of sulfone groups is 1. The molecule has 32 heavy (non-hydrogen) atoms. The van der Waals surface area contributed by atoms with Crippen LogP contribution >= 0.6 is 0 Å². The summed E-state index contributed by atoms with van der Waals surface area (Å²) in [7, 11) is -0.998. The molecule has 0 aromatic heterocycles. The molecular weight excluding hydrogens is 430 g/mol. The van der Waals surface area contributed by atoms with Gasteiger partial charge in [0.2, 0.25) is 5.91 Å². The van der Waals surface area contributed by atoms with Crippen LogP contribution in [0.2, 0.25) is 0 Å². The average molecular weight is 462 g/mol. The SMILES string of the molecule is CN1CCN(Cc2cccc(CNC(=O)C3=NN(C4CCS(=O)(=O)C4)C(=O)CC3)c2)CC1. The third-order valence-electron chi connectivity index (χ3n) is 6.32. The number of hydrazone groups is 1. The number of nitrogens with one attached hydrogen (secondary N) is 1. The van der Waals surface area contributed by atoms with Gasteiger partial charge in [0.15, 0.2) is 9.84 Å². The lowest BCUT2D eigenvalue weighted by Gasteiger charge is -2.32. The number of carbonyl (C=O) groups excluding carboxylic acids is 2. The molecule has 4 rings (SSSR count). The van der Waals surface area contributed by atoms with Gasteiger partial charge in [-0.3, -0.25) is 14.5 Å². The normalized spacial score (nSPS) is 24.4. The van der Waals surface area contributed by atoms with E-state index in [1.165, 1.54) is 10.6 Å². The van der Waals surface area contributed by atoms with Crippen molar-refractivity contribution in [1.82, 2.24) is 20.1 Å². The Morgan fingerprint density at radius 2 is 1.91 bits per heavy atom. The van der Waals surface area contributed by atoms with Gasteiger partial charge in [-0.25, -0.2) is 13.4 Å². The number of rotatable bonds is 6. The summed E-state index contributed by atoms with van der Waals surface area (Å²) in [5.41, 5.74) is 2.51. The number of piperazine rings is 1. The number of hydrogen-bond donors (Lipinski definition) is 1. The van der Waals surface area contributed by atoms with Crippen LogP contribution in [0.25, 0.3) is 0 Å². The summed E-state index contributed by atoms with van der Waals surface area (Å²) in [6.45, 7) is 5.52. The molecule has 0 aliphatic carbocycles. The molecule has 3 aliphatic rings. The minimum atomic E-state index is -3.14. The fraction of sp³-hybridized carbons (Fsp3) is 0.591. The molecule has 0 spiro atoms. The fourth-order valence-corrected chi connectivity index (χ4v) is 6.07. The van der Waals surface area contributed by atoms with Crippen molar-refractivity contribution in [2.24, 2.45) is 5.10 Å². The molecule has 2 fully saturated rings. The van der Waals surface area contributed by atoms with Crippen LogP contribution in [0.3, 0.4) is 0 Å². The lowest BCUT2D eigenvalue weighted by molar-refractivity contribution is -0.133. The van der Waals surface area contributed by atoms with Crippen molar-refractivity contribution in [3.8, 4) is 0 Å². The van der Waals surface area contributed by atoms with E-state index in [1.807, 2.05) is 12.1 Å². The number of amides is 2. The second-order valence-corrected chi connectivity index (χ2v) is 11.2. The van der Waals surface area contributed by atoms with Crippen LogP contribution in [0.15, 0.2) is 29.4 Å². The molecule has 0 saturated carbocycles. The molecule has 0 bridgehead atoms. The first-order chi connectivity index (χ1) is 15.3. The first kappa shape index (κ1) is 22.9. The predicted octanol–water partition coefficient (Wildman–Crippen LogP) is 0.216. The highest BCUT2D eigenvalue weighted by molar-refractivity contribution is 7.91. The number of nitrogens with zero attached hydrogens (tertiary/aromatic N) is 4. The Balaban J connectivity index is 1.34. The third kappa shape index (κ3) is 5.73. The minimum Gasteiger partial charge on any atom is -0.347 e. The summed E-state index contributed by atoms with van der Waals surface area (Å²) in [6.07, 6.45) is 0.806. The molecule has 3 aliphatic heterocycles. The second kappa shape index (κ2) is 9.68. The summed E-state index contributed by atoms with van der Waals surface area (Å²) in [5, 5.41) is 8.36. The minimum absolute atomic E-state index is 0.0585. The molecule has 9 nitrogen and oxygen atoms in total. The van der Waals surface area contributed by atoms with Gasteiger partial charge >= 0.3 is 0 Å². The molecule has 1 unspecified atom stereocenters. The number of carbonyl (C=O) groups is 2. The van der Waals surface area contributed by atoms with Gasteiger partial charge in [0.05, 0.1) is 17.5 Å². The van der Waals surface area contributed by atoms with Gasteiger partial charge in [0.25, 0.3) is 5.91 Å². The fourth-order valence-electron chi connectivity index (χ4n) is 4.37. The standard InChI is InChI=1S/C22H31N5O4S/c1-25-8-10-26(11-9-25)15-18-4-2-3-17(13-18)14-23-22(29)20-5-6-21(28)27(24-20)19-7-12-32(30,31)16-19/h2-4,13,19H,5-12,14-16H2,1H3,(H,23,29). The van der Waals surface area contributed by atoms with Crippen molar-refractivity contribution < 1.29 is 18.0 Å². The van der Waals surface area contributed by atoms with Gasteiger partial charge in [-0.1, -0.05) is 24.3 Å². The highest BCUT2D eigenvalue weighted by Crippen LogP contribution is 2.22. The Morgan fingerprint density at radius 3 is 2.62 bits per heavy atom. The van der Waals surface area contributed by atoms with Crippen molar-refractivity contribution in [2.75, 3.05) is 44.7 Å². The molecule has 1 atom stereocenters. The monoisotopic (exact) mass is 461 g/mol. The van der Waals surface area contributed by atoms with Crippen LogP contribution < -0.4 is 5.32 Å². The van der Waals surface area contributed by atoms with E-state index in [0.29, 0.717) is 13.0 Å². The van der Waals surface area contributed by atoms with E-state index < -0.39 is 15.9 Å². The molecule has 174 valence electrons. The maximum Gasteiger partial charge on any atom is 0.267 e. The van der Waals surface area contributed by atoms with Crippen molar-refractivity contribution >= 4 is 27.4 Å². The quantitative estimate of drug-likeness (QED) is 0.650. The van der Waals surface area contributed by atoms with Crippen molar-refractivity contribution in [1.29, 1.82) is 0 Å². The molecule has 2 saturated heterocycles. The highest BCUT2D eigenvalue weighted by atomic mass is 32.2. The van der Waals surface area contributed by atoms with Gasteiger partial charge in [0.1, 0.15) is 5.71 Å². The van der Waals surface area contributed by atoms with Gasteiger partial charge in [-0.05, 0) is 24.6 Å². The Hall–Kier alpha value is -2.30. The smallest absolute Gasteiger partial charge is 0.267 e. The van der Waals surface area contributed by atoms with E-state index in [9.17, 15) is 18.0 Å². The van der Waals surface area contributed by atoms with Crippen molar-refractivity contribution in [2.45, 2.75) is 38.4 Å². The average Bonchev–Trinajstić information content (AvgIpc) is 3.14. The third-order valence-corrected chi connectivity index (χ3v) is 8.07. The molecule has 1 aromatic carbocycles. The molecule has 10 heteroatoms. The molecule has 0 radical (unpaired) electrons. The van der Waals surface area contributed by atoms with Gasteiger partial charge < -0.3 is 10.2 Å². The summed E-state index contributed by atoms with van der Waals surface area (Å²) in [6, 6.07) is 7.73. The van der Waals surface area contributed by atoms with Crippen LogP contribution in [0.1, 0.15) is 30.4 Å². The van der Waals surface area contributed by atoms with E-state index in [4.69, 9.17) is 0 Å². The molecule has 1 N–H and O–H groups in total. The van der Waals surface area contributed by atoms with Crippen LogP contribution in [0.5, 0.6) is 0 Å². The molecule has 2 amide bonds. The lowest BCUT2D eigenvalue weighted by atomic mass is 10.1. The zero-order valence-electron chi connectivity index (χ0n) is 18.5. The molecule has 3 heterocycles. The lowest BCUT2D eigenvalue weighted by Crippen LogP contribution is -2.44. The molecular formula is C22H31N5O4S. The largest absolute Gasteiger partial charge is 0.347 e. The van der Waals surface area contributed by atoms with Gasteiger partial charge in [-0.2, -0.15) is 5.10 Å². The maximum atomic E-state index is 12.7. The first-order valence-corrected chi connectivity index (χ1v) is 13.0. The van der Waals surface area contributed by atoms with Crippen LogP contribution in [0.4, 0.5) is 0 Å². The van der Waals surface area contributed by atoms with Crippen LogP contribution in [0, 0.1) is 0 Å². The van der Waals surface area contributed by atoms with E-state index >= 15 is 0 Å². The van der Waals surface area contributed by atoms with Gasteiger partial charge in [0, 0.05) is 52.1 Å². The van der Waals surface area contributed by atoms with Crippen LogP contribution in [-0.4, -0.2) is 91.5 Å². The molecule has 1 aromatic rings. The zero-order chi connectivity index (χ0) is 22.7. The van der Waals surface area contributed by atoms with E-state index in [0.717, 1.165) is 38.3 Å². The highest BCUT2D eigenvalue weighted by Gasteiger charge is 2.37. The topological polar surface area (TPSA) is 102 Å². The maximum absolute atomic E-state index is 12.7. The predicted molar refractivity (Wildman–Crippen MR) is 122 cm³/mol. The number of hydrogen-bond acceptors (Lipinski definition) is 7.